The molecule has 154 valence electrons. The van der Waals surface area contributed by atoms with Crippen LogP contribution in [0, 0.1) is 6.92 Å². The molecule has 1 aromatic carbocycles. The van der Waals surface area contributed by atoms with E-state index >= 15 is 0 Å². The number of hydrogen-bond acceptors (Lipinski definition) is 5. The molecule has 2 aromatic rings. The van der Waals surface area contributed by atoms with Gasteiger partial charge >= 0.3 is 0 Å². The summed E-state index contributed by atoms with van der Waals surface area (Å²) in [5.74, 6) is -0.381. The summed E-state index contributed by atoms with van der Waals surface area (Å²) in [5.41, 5.74) is 4.10. The van der Waals surface area contributed by atoms with E-state index in [0.717, 1.165) is 31.6 Å². The number of ether oxygens (including phenoxy) is 1. The van der Waals surface area contributed by atoms with Gasteiger partial charge < -0.3 is 9.64 Å². The van der Waals surface area contributed by atoms with Gasteiger partial charge in [-0.15, -0.1) is 5.11 Å². The molecule has 0 atom stereocenters. The van der Waals surface area contributed by atoms with Gasteiger partial charge in [0.2, 0.25) is 0 Å². The topological polar surface area (TPSA) is 54.8 Å². The van der Waals surface area contributed by atoms with Crippen LogP contribution >= 0.6 is 11.8 Å². The van der Waals surface area contributed by atoms with Crippen LogP contribution in [0.5, 0.6) is 0 Å². The number of allylic oxidation sites excluding steroid dienone is 1. The zero-order valence-corrected chi connectivity index (χ0v) is 18.7. The summed E-state index contributed by atoms with van der Waals surface area (Å²) in [5, 5.41) is -1.05. The second kappa shape index (κ2) is 7.96. The Morgan fingerprint density at radius 2 is 1.91 bits per heavy atom. The van der Waals surface area contributed by atoms with Crippen LogP contribution < -0.4 is 0 Å². The van der Waals surface area contributed by atoms with Crippen molar-refractivity contribution in [2.45, 2.75) is 37.1 Å². The number of pyridine rings is 1. The van der Waals surface area contributed by atoms with Crippen LogP contribution in [0.4, 0.5) is 0 Å². The fraction of sp³-hybridized carbons (Fsp3) is 0.348. The molecule has 3 aliphatic rings. The third-order valence-corrected chi connectivity index (χ3v) is 7.41. The van der Waals surface area contributed by atoms with Crippen molar-refractivity contribution in [3.05, 3.63) is 69.9 Å². The largest absolute Gasteiger partial charge is 0.365 e. The molecule has 9 heteroatoms. The van der Waals surface area contributed by atoms with E-state index in [2.05, 4.69) is 33.1 Å². The minimum Gasteiger partial charge on any atom is -0.365 e. The standard InChI is InChI=1S/C23H20B3N3O2S/c1-14-6-7-15(12-27-14)18(23(24,25)26)19-20(30)28-21(32-19)29-10-8-22(9-11-29)17-5-3-2-4-16(17)13-31-22/h2-7,12H,8-11,13H2,1H3/b19-18+. The predicted octanol–water partition coefficient (Wildman–Crippen LogP) is 2.83. The third kappa shape index (κ3) is 3.75. The van der Waals surface area contributed by atoms with Crippen LogP contribution in [0.25, 0.3) is 5.57 Å². The van der Waals surface area contributed by atoms with Crippen LogP contribution in [0.2, 0.25) is 5.11 Å². The highest BCUT2D eigenvalue weighted by molar-refractivity contribution is 8.18. The van der Waals surface area contributed by atoms with Crippen molar-refractivity contribution in [3.63, 3.8) is 0 Å². The number of hydrogen-bond donors (Lipinski definition) is 0. The molecule has 32 heavy (non-hydrogen) atoms. The molecule has 0 aliphatic carbocycles. The number of likely N-dealkylation sites (tertiary alicyclic amines) is 1. The number of nitrogens with zero attached hydrogens (tertiary/aromatic N) is 3. The smallest absolute Gasteiger partial charge is 0.286 e. The summed E-state index contributed by atoms with van der Waals surface area (Å²) < 4.78 is 6.25. The summed E-state index contributed by atoms with van der Waals surface area (Å²) in [6.45, 7) is 4.00. The van der Waals surface area contributed by atoms with E-state index in [1.165, 1.54) is 22.9 Å². The minimum absolute atomic E-state index is 0.251. The Morgan fingerprint density at radius 1 is 1.16 bits per heavy atom. The zero-order chi connectivity index (χ0) is 22.5. The molecule has 1 aromatic heterocycles. The van der Waals surface area contributed by atoms with Crippen LogP contribution in [0.3, 0.4) is 0 Å². The van der Waals surface area contributed by atoms with Gasteiger partial charge in [-0.1, -0.05) is 30.3 Å². The average Bonchev–Trinajstić information content (AvgIpc) is 3.31. The molecule has 5 nitrogen and oxygen atoms in total. The van der Waals surface area contributed by atoms with Crippen molar-refractivity contribution in [1.82, 2.24) is 9.88 Å². The Labute approximate surface area is 196 Å². The van der Waals surface area contributed by atoms with Crippen molar-refractivity contribution in [2.75, 3.05) is 13.1 Å². The van der Waals surface area contributed by atoms with E-state index in [1.807, 2.05) is 25.1 Å². The number of aliphatic imine (C=N–C) groups is 1. The number of piperidine rings is 1. The molecule has 5 rings (SSSR count). The van der Waals surface area contributed by atoms with Crippen LogP contribution in [-0.4, -0.2) is 57.6 Å². The van der Waals surface area contributed by atoms with Gasteiger partial charge in [0.1, 0.15) is 0 Å². The van der Waals surface area contributed by atoms with Crippen LogP contribution in [-0.2, 0) is 21.7 Å². The summed E-state index contributed by atoms with van der Waals surface area (Å²) in [4.78, 5) is 23.9. The molecule has 6 radical (unpaired) electrons. The number of amides is 1. The van der Waals surface area contributed by atoms with Gasteiger partial charge in [-0.2, -0.15) is 4.99 Å². The summed E-state index contributed by atoms with van der Waals surface area (Å²) >= 11 is 1.27. The monoisotopic (exact) mass is 435 g/mol. The number of aryl methyl sites for hydroxylation is 1. The molecule has 0 bridgehead atoms. The van der Waals surface area contributed by atoms with Gasteiger partial charge in [0, 0.05) is 25.0 Å². The maximum atomic E-state index is 12.9. The quantitative estimate of drug-likeness (QED) is 0.537. The maximum absolute atomic E-state index is 12.9. The van der Waals surface area contributed by atoms with E-state index in [4.69, 9.17) is 28.3 Å². The Balaban J connectivity index is 1.38. The van der Waals surface area contributed by atoms with E-state index < -0.39 is 5.11 Å². The third-order valence-electron chi connectivity index (χ3n) is 6.30. The molecule has 0 unspecified atom stereocenters. The van der Waals surface area contributed by atoms with Crippen LogP contribution in [0.15, 0.2) is 52.5 Å². The van der Waals surface area contributed by atoms with Crippen molar-refractivity contribution in [1.29, 1.82) is 0 Å². The Morgan fingerprint density at radius 3 is 2.59 bits per heavy atom. The molecule has 4 heterocycles. The van der Waals surface area contributed by atoms with Gasteiger partial charge in [0.05, 0.1) is 40.7 Å². The maximum Gasteiger partial charge on any atom is 0.286 e. The first-order valence-electron chi connectivity index (χ1n) is 10.6. The second-order valence-corrected chi connectivity index (χ2v) is 9.53. The van der Waals surface area contributed by atoms with Gasteiger partial charge in [-0.3, -0.25) is 9.78 Å². The number of carbonyl (C=O) groups excluding carboxylic acids is 1. The van der Waals surface area contributed by atoms with E-state index in [-0.39, 0.29) is 11.5 Å². The van der Waals surface area contributed by atoms with Gasteiger partial charge in [-0.25, -0.2) is 0 Å². The number of amidine groups is 1. The number of carbonyl (C=O) groups is 1. The highest BCUT2D eigenvalue weighted by Gasteiger charge is 2.44. The summed E-state index contributed by atoms with van der Waals surface area (Å²) in [6, 6.07) is 12.1. The fourth-order valence-corrected chi connectivity index (χ4v) is 5.79. The normalized spacial score (nSPS) is 21.6. The van der Waals surface area contributed by atoms with Crippen molar-refractivity contribution < 1.29 is 9.53 Å². The van der Waals surface area contributed by atoms with Crippen molar-refractivity contribution >= 4 is 51.9 Å². The predicted molar refractivity (Wildman–Crippen MR) is 130 cm³/mol. The van der Waals surface area contributed by atoms with E-state index in [9.17, 15) is 4.79 Å². The van der Waals surface area contributed by atoms with Crippen molar-refractivity contribution in [2.24, 2.45) is 4.99 Å². The van der Waals surface area contributed by atoms with E-state index in [1.54, 1.807) is 6.20 Å². The molecule has 3 aliphatic heterocycles. The Bertz CT molecular complexity index is 1130. The van der Waals surface area contributed by atoms with Gasteiger partial charge in [0.25, 0.3) is 5.91 Å². The lowest BCUT2D eigenvalue weighted by Crippen LogP contribution is -2.44. The lowest BCUT2D eigenvalue weighted by molar-refractivity contribution is -0.113. The van der Waals surface area contributed by atoms with Crippen molar-refractivity contribution in [3.8, 4) is 0 Å². The lowest BCUT2D eigenvalue weighted by Gasteiger charge is -2.39. The molecular weight excluding hydrogens is 415 g/mol. The Kier molecular flexibility index (Phi) is 5.37. The highest BCUT2D eigenvalue weighted by Crippen LogP contribution is 2.46. The molecule has 1 fully saturated rings. The Hall–Kier alpha value is -2.25. The van der Waals surface area contributed by atoms with Gasteiger partial charge in [0.15, 0.2) is 5.17 Å². The molecule has 0 N–H and O–H groups in total. The SMILES string of the molecule is [B]C([B])([B])/C(=C1/SC(N2CCC3(CC2)OCc2ccccc23)=NC1=O)c1ccc(C)nc1. The number of thioether (sulfide) groups is 1. The van der Waals surface area contributed by atoms with E-state index in [0.29, 0.717) is 27.8 Å². The number of benzene rings is 1. The summed E-state index contributed by atoms with van der Waals surface area (Å²) in [7, 11) is 18.2. The molecule has 1 spiro atoms. The number of fused-ring (bicyclic) bond motifs is 2. The first kappa shape index (κ1) is 21.6. The number of rotatable bonds is 2. The first-order valence-corrected chi connectivity index (χ1v) is 11.4. The molecular formula is C23H20B3N3O2S. The number of aromatic nitrogens is 1. The molecule has 1 amide bonds. The molecule has 0 saturated carbocycles. The minimum atomic E-state index is -1.70. The zero-order valence-electron chi connectivity index (χ0n) is 17.9. The van der Waals surface area contributed by atoms with Crippen LogP contribution in [0.1, 0.15) is 35.2 Å². The fourth-order valence-electron chi connectivity index (χ4n) is 4.64. The molecule has 1 saturated heterocycles. The summed E-state index contributed by atoms with van der Waals surface area (Å²) in [6.07, 6.45) is 3.30. The highest BCUT2D eigenvalue weighted by atomic mass is 32.2. The second-order valence-electron chi connectivity index (χ2n) is 8.55. The first-order chi connectivity index (χ1) is 15.3. The van der Waals surface area contributed by atoms with Gasteiger partial charge in [-0.05, 0) is 59.9 Å². The lowest BCUT2D eigenvalue weighted by atomic mass is 9.39. The average molecular weight is 435 g/mol.